The first-order valence-corrected chi connectivity index (χ1v) is 5.13. The van der Waals surface area contributed by atoms with Gasteiger partial charge in [0, 0.05) is 6.04 Å². The van der Waals surface area contributed by atoms with E-state index in [4.69, 9.17) is 0 Å². The van der Waals surface area contributed by atoms with Crippen LogP contribution >= 0.6 is 0 Å². The molecule has 80 valence electrons. The number of hydrogen-bond acceptors (Lipinski definition) is 3. The van der Waals surface area contributed by atoms with Gasteiger partial charge in [-0.3, -0.25) is 4.79 Å². The predicted octanol–water partition coefficient (Wildman–Crippen LogP) is 0.998. The van der Waals surface area contributed by atoms with E-state index in [2.05, 4.69) is 10.1 Å². The van der Waals surface area contributed by atoms with Gasteiger partial charge in [0.1, 0.15) is 0 Å². The van der Waals surface area contributed by atoms with Crippen LogP contribution < -0.4 is 5.32 Å². The van der Waals surface area contributed by atoms with Crippen molar-refractivity contribution in [2.45, 2.75) is 44.6 Å². The van der Waals surface area contributed by atoms with E-state index >= 15 is 0 Å². The maximum Gasteiger partial charge on any atom is 0.396 e. The van der Waals surface area contributed by atoms with E-state index in [0.29, 0.717) is 0 Å². The van der Waals surface area contributed by atoms with Crippen LogP contribution in [-0.2, 0) is 14.3 Å². The average molecular weight is 199 g/mol. The summed E-state index contributed by atoms with van der Waals surface area (Å²) in [4.78, 5) is 22.0. The fraction of sp³-hybridized carbons (Fsp3) is 0.800. The number of carbonyl (C=O) groups excluding carboxylic acids is 2. The molecule has 0 spiro atoms. The molecular formula is C10H17NO3. The molecule has 1 aliphatic rings. The van der Waals surface area contributed by atoms with Crippen LogP contribution in [0.5, 0.6) is 0 Å². The predicted molar refractivity (Wildman–Crippen MR) is 51.6 cm³/mol. The van der Waals surface area contributed by atoms with E-state index in [0.717, 1.165) is 25.7 Å². The van der Waals surface area contributed by atoms with Crippen LogP contribution in [0.15, 0.2) is 0 Å². The molecule has 0 saturated heterocycles. The number of methoxy groups -OCH3 is 1. The van der Waals surface area contributed by atoms with E-state index in [9.17, 15) is 9.59 Å². The largest absolute Gasteiger partial charge is 0.462 e. The summed E-state index contributed by atoms with van der Waals surface area (Å²) in [5, 5.41) is 2.70. The van der Waals surface area contributed by atoms with Gasteiger partial charge < -0.3 is 10.1 Å². The average Bonchev–Trinajstić information content (AvgIpc) is 2.45. The molecule has 1 amide bonds. The van der Waals surface area contributed by atoms with Gasteiger partial charge in [-0.1, -0.05) is 25.7 Å². The normalized spacial score (nSPS) is 18.4. The summed E-state index contributed by atoms with van der Waals surface area (Å²) in [5.74, 6) is -1.41. The molecular weight excluding hydrogens is 182 g/mol. The number of esters is 1. The number of amides is 1. The Kier molecular flexibility index (Phi) is 4.43. The standard InChI is InChI=1S/C10H17NO3/c1-14-10(13)9(12)11-8-6-4-2-3-5-7-8/h8H,2-7H2,1H3,(H,11,12). The Hall–Kier alpha value is -1.06. The summed E-state index contributed by atoms with van der Waals surface area (Å²) in [6.45, 7) is 0. The summed E-state index contributed by atoms with van der Waals surface area (Å²) >= 11 is 0. The molecule has 1 N–H and O–H groups in total. The minimum Gasteiger partial charge on any atom is -0.462 e. The lowest BCUT2D eigenvalue weighted by atomic mass is 10.1. The zero-order valence-electron chi connectivity index (χ0n) is 8.54. The van der Waals surface area contributed by atoms with Crippen molar-refractivity contribution in [1.29, 1.82) is 0 Å². The van der Waals surface area contributed by atoms with Gasteiger partial charge in [-0.15, -0.1) is 0 Å². The monoisotopic (exact) mass is 199 g/mol. The second-order valence-corrected chi connectivity index (χ2v) is 3.65. The summed E-state index contributed by atoms with van der Waals surface area (Å²) in [5.41, 5.74) is 0. The second-order valence-electron chi connectivity index (χ2n) is 3.65. The number of carbonyl (C=O) groups is 2. The van der Waals surface area contributed by atoms with E-state index in [1.165, 1.54) is 20.0 Å². The Labute approximate surface area is 84.0 Å². The number of ether oxygens (including phenoxy) is 1. The van der Waals surface area contributed by atoms with E-state index < -0.39 is 11.9 Å². The highest BCUT2D eigenvalue weighted by Crippen LogP contribution is 2.16. The summed E-state index contributed by atoms with van der Waals surface area (Å²) in [6.07, 6.45) is 6.67. The van der Waals surface area contributed by atoms with Crippen LogP contribution in [0.25, 0.3) is 0 Å². The van der Waals surface area contributed by atoms with Gasteiger partial charge in [-0.25, -0.2) is 4.79 Å². The zero-order chi connectivity index (χ0) is 10.4. The summed E-state index contributed by atoms with van der Waals surface area (Å²) in [6, 6.07) is 0.157. The van der Waals surface area contributed by atoms with Crippen LogP contribution in [0.4, 0.5) is 0 Å². The molecule has 4 nitrogen and oxygen atoms in total. The molecule has 1 aliphatic carbocycles. The Morgan fingerprint density at radius 3 is 2.21 bits per heavy atom. The minimum absolute atomic E-state index is 0.157. The molecule has 0 aromatic rings. The van der Waals surface area contributed by atoms with Crippen LogP contribution in [0.2, 0.25) is 0 Å². The first-order chi connectivity index (χ1) is 6.74. The van der Waals surface area contributed by atoms with Gasteiger partial charge in [0.2, 0.25) is 0 Å². The fourth-order valence-electron chi connectivity index (χ4n) is 1.76. The van der Waals surface area contributed by atoms with Crippen LogP contribution in [0.1, 0.15) is 38.5 Å². The molecule has 0 aliphatic heterocycles. The molecule has 0 bridgehead atoms. The molecule has 4 heteroatoms. The molecule has 0 radical (unpaired) electrons. The van der Waals surface area contributed by atoms with Crippen LogP contribution in [0.3, 0.4) is 0 Å². The van der Waals surface area contributed by atoms with Gasteiger partial charge in [-0.2, -0.15) is 0 Å². The Bertz CT molecular complexity index is 207. The van der Waals surface area contributed by atoms with Crippen molar-refractivity contribution in [3.8, 4) is 0 Å². The minimum atomic E-state index is -0.797. The molecule has 0 atom stereocenters. The SMILES string of the molecule is COC(=O)C(=O)NC1CCCCCC1. The zero-order valence-corrected chi connectivity index (χ0v) is 8.54. The maximum atomic E-state index is 11.2. The smallest absolute Gasteiger partial charge is 0.396 e. The molecule has 14 heavy (non-hydrogen) atoms. The Balaban J connectivity index is 2.34. The lowest BCUT2D eigenvalue weighted by molar-refractivity contribution is -0.153. The molecule has 0 heterocycles. The highest BCUT2D eigenvalue weighted by Gasteiger charge is 2.19. The van der Waals surface area contributed by atoms with Gasteiger partial charge in [0.25, 0.3) is 0 Å². The van der Waals surface area contributed by atoms with Crippen molar-refractivity contribution < 1.29 is 14.3 Å². The van der Waals surface area contributed by atoms with Gasteiger partial charge in [0.15, 0.2) is 0 Å². The van der Waals surface area contributed by atoms with Crippen LogP contribution in [-0.4, -0.2) is 25.0 Å². The summed E-state index contributed by atoms with van der Waals surface area (Å²) in [7, 11) is 1.22. The van der Waals surface area contributed by atoms with Gasteiger partial charge in [0.05, 0.1) is 7.11 Å². The first kappa shape index (κ1) is 11.0. The van der Waals surface area contributed by atoms with Crippen molar-refractivity contribution in [3.63, 3.8) is 0 Å². The van der Waals surface area contributed by atoms with Crippen molar-refractivity contribution in [1.82, 2.24) is 5.32 Å². The van der Waals surface area contributed by atoms with Crippen molar-refractivity contribution in [2.75, 3.05) is 7.11 Å². The maximum absolute atomic E-state index is 11.2. The van der Waals surface area contributed by atoms with Gasteiger partial charge in [-0.05, 0) is 12.8 Å². The van der Waals surface area contributed by atoms with Crippen molar-refractivity contribution in [3.05, 3.63) is 0 Å². The van der Waals surface area contributed by atoms with Crippen LogP contribution in [0, 0.1) is 0 Å². The quantitative estimate of drug-likeness (QED) is 0.389. The molecule has 0 aromatic carbocycles. The first-order valence-electron chi connectivity index (χ1n) is 5.13. The third-order valence-corrected chi connectivity index (χ3v) is 2.56. The Morgan fingerprint density at radius 1 is 1.14 bits per heavy atom. The van der Waals surface area contributed by atoms with E-state index in [1.807, 2.05) is 0 Å². The van der Waals surface area contributed by atoms with Crippen molar-refractivity contribution >= 4 is 11.9 Å². The topological polar surface area (TPSA) is 55.4 Å². The Morgan fingerprint density at radius 2 is 1.71 bits per heavy atom. The third-order valence-electron chi connectivity index (χ3n) is 2.56. The number of hydrogen-bond donors (Lipinski definition) is 1. The molecule has 0 unspecified atom stereocenters. The molecule has 1 fully saturated rings. The number of nitrogens with one attached hydrogen (secondary N) is 1. The molecule has 1 saturated carbocycles. The van der Waals surface area contributed by atoms with E-state index in [-0.39, 0.29) is 6.04 Å². The third kappa shape index (κ3) is 3.36. The van der Waals surface area contributed by atoms with Gasteiger partial charge >= 0.3 is 11.9 Å². The highest BCUT2D eigenvalue weighted by molar-refractivity contribution is 6.32. The fourth-order valence-corrected chi connectivity index (χ4v) is 1.76. The van der Waals surface area contributed by atoms with E-state index in [1.54, 1.807) is 0 Å². The molecule has 1 rings (SSSR count). The lowest BCUT2D eigenvalue weighted by Gasteiger charge is -2.14. The van der Waals surface area contributed by atoms with Crippen molar-refractivity contribution in [2.24, 2.45) is 0 Å². The molecule has 0 aromatic heterocycles. The number of rotatable bonds is 1. The summed E-state index contributed by atoms with van der Waals surface area (Å²) < 4.78 is 4.33. The highest BCUT2D eigenvalue weighted by atomic mass is 16.5. The second kappa shape index (κ2) is 5.62. The lowest BCUT2D eigenvalue weighted by Crippen LogP contribution is -2.39.